The summed E-state index contributed by atoms with van der Waals surface area (Å²) >= 11 is 0. The summed E-state index contributed by atoms with van der Waals surface area (Å²) in [6, 6.07) is 8.12. The van der Waals surface area contributed by atoms with Gasteiger partial charge in [0, 0.05) is 24.2 Å². The fourth-order valence-corrected chi connectivity index (χ4v) is 8.48. The second-order valence-corrected chi connectivity index (χ2v) is 12.2. The number of carboxylic acid groups (broad SMARTS) is 1. The Morgan fingerprint density at radius 3 is 2.33 bits per heavy atom. The number of aromatic nitrogens is 2. The number of hydrogen-bond acceptors (Lipinski definition) is 4. The Hall–Kier alpha value is -2.41. The molecule has 2 aromatic rings. The van der Waals surface area contributed by atoms with Gasteiger partial charge >= 0.3 is 11.7 Å². The Morgan fingerprint density at radius 1 is 0.889 bits per heavy atom. The van der Waals surface area contributed by atoms with E-state index in [2.05, 4.69) is 11.8 Å². The predicted molar refractivity (Wildman–Crippen MR) is 139 cm³/mol. The highest BCUT2D eigenvalue weighted by molar-refractivity contribution is 5.79. The summed E-state index contributed by atoms with van der Waals surface area (Å²) in [5.74, 6) is 1.17. The van der Waals surface area contributed by atoms with Gasteiger partial charge in [0.1, 0.15) is 6.54 Å². The van der Waals surface area contributed by atoms with Crippen molar-refractivity contribution in [1.29, 1.82) is 0 Å². The highest BCUT2D eigenvalue weighted by atomic mass is 16.4. The zero-order chi connectivity index (χ0) is 25.0. The predicted octanol–water partition coefficient (Wildman–Crippen LogP) is 4.41. The first kappa shape index (κ1) is 24.0. The number of benzene rings is 1. The lowest BCUT2D eigenvalue weighted by Crippen LogP contribution is -2.61. The third-order valence-electron chi connectivity index (χ3n) is 9.99. The lowest BCUT2D eigenvalue weighted by atomic mass is 9.71. The van der Waals surface area contributed by atoms with Crippen molar-refractivity contribution in [3.8, 4) is 0 Å². The van der Waals surface area contributed by atoms with Gasteiger partial charge in [-0.25, -0.2) is 4.79 Å². The maximum Gasteiger partial charge on any atom is 0.332 e. The zero-order valence-electron chi connectivity index (χ0n) is 21.3. The normalized spacial score (nSPS) is 34.9. The fourth-order valence-electron chi connectivity index (χ4n) is 8.48. The van der Waals surface area contributed by atoms with Gasteiger partial charge in [-0.05, 0) is 74.8 Å². The van der Waals surface area contributed by atoms with Gasteiger partial charge in [-0.3, -0.25) is 23.6 Å². The van der Waals surface area contributed by atoms with Crippen molar-refractivity contribution >= 4 is 16.9 Å². The molecule has 4 aliphatic rings. The minimum absolute atomic E-state index is 0.186. The molecule has 6 atom stereocenters. The molecular weight excluding hydrogens is 454 g/mol. The highest BCUT2D eigenvalue weighted by Crippen LogP contribution is 2.47. The van der Waals surface area contributed by atoms with Crippen LogP contribution in [0.4, 0.5) is 0 Å². The molecule has 6 unspecified atom stereocenters. The second-order valence-electron chi connectivity index (χ2n) is 12.2. The van der Waals surface area contributed by atoms with Crippen LogP contribution >= 0.6 is 0 Å². The smallest absolute Gasteiger partial charge is 0.332 e. The number of hydrogen-bond donors (Lipinski definition) is 1. The molecule has 6 rings (SSSR count). The van der Waals surface area contributed by atoms with Gasteiger partial charge in [0.2, 0.25) is 0 Å². The Balaban J connectivity index is 1.37. The van der Waals surface area contributed by atoms with Gasteiger partial charge in [-0.2, -0.15) is 0 Å². The number of nitrogens with zero attached hydrogens (tertiary/aromatic N) is 3. The molecule has 1 aromatic heterocycles. The Kier molecular flexibility index (Phi) is 6.30. The molecule has 0 radical (unpaired) electrons. The summed E-state index contributed by atoms with van der Waals surface area (Å²) in [7, 11) is 0. The Labute approximate surface area is 212 Å². The number of fused-ring (bicyclic) bond motifs is 5. The van der Waals surface area contributed by atoms with E-state index in [1.165, 1.54) is 60.5 Å². The van der Waals surface area contributed by atoms with Crippen molar-refractivity contribution in [2.45, 2.75) is 108 Å². The van der Waals surface area contributed by atoms with E-state index in [0.29, 0.717) is 34.9 Å². The summed E-state index contributed by atoms with van der Waals surface area (Å²) < 4.78 is 2.69. The maximum atomic E-state index is 13.6. The Morgan fingerprint density at radius 2 is 1.61 bits per heavy atom. The van der Waals surface area contributed by atoms with E-state index in [0.717, 1.165) is 31.1 Å². The number of carboxylic acids is 1. The molecule has 0 spiro atoms. The van der Waals surface area contributed by atoms with E-state index >= 15 is 0 Å². The monoisotopic (exact) mass is 493 g/mol. The molecule has 194 valence electrons. The van der Waals surface area contributed by atoms with Crippen molar-refractivity contribution in [3.05, 3.63) is 45.1 Å². The van der Waals surface area contributed by atoms with Crippen LogP contribution in [0.15, 0.2) is 33.9 Å². The van der Waals surface area contributed by atoms with Gasteiger partial charge in [-0.15, -0.1) is 0 Å². The molecule has 2 saturated heterocycles. The summed E-state index contributed by atoms with van der Waals surface area (Å²) in [5, 5.41) is 9.93. The molecule has 36 heavy (non-hydrogen) atoms. The van der Waals surface area contributed by atoms with Crippen molar-refractivity contribution in [2.24, 2.45) is 17.8 Å². The maximum absolute atomic E-state index is 13.6. The van der Waals surface area contributed by atoms with Crippen LogP contribution in [0.25, 0.3) is 10.9 Å². The van der Waals surface area contributed by atoms with E-state index in [-0.39, 0.29) is 11.6 Å². The molecule has 2 aliphatic heterocycles. The van der Waals surface area contributed by atoms with Crippen molar-refractivity contribution in [2.75, 3.05) is 0 Å². The van der Waals surface area contributed by atoms with Crippen LogP contribution in [0.2, 0.25) is 0 Å². The first-order chi connectivity index (χ1) is 17.4. The number of rotatable bonds is 4. The third kappa shape index (κ3) is 4.13. The second kappa shape index (κ2) is 9.47. The lowest BCUT2D eigenvalue weighted by molar-refractivity contribution is -0.137. The van der Waals surface area contributed by atoms with Crippen LogP contribution in [0.3, 0.4) is 0 Å². The van der Waals surface area contributed by atoms with Crippen LogP contribution in [0.5, 0.6) is 0 Å². The van der Waals surface area contributed by atoms with Gasteiger partial charge in [0.25, 0.3) is 5.56 Å². The largest absolute Gasteiger partial charge is 0.480 e. The molecule has 2 saturated carbocycles. The van der Waals surface area contributed by atoms with Crippen LogP contribution in [0.1, 0.15) is 83.6 Å². The van der Waals surface area contributed by atoms with E-state index in [4.69, 9.17) is 0 Å². The summed E-state index contributed by atoms with van der Waals surface area (Å²) in [5.41, 5.74) is -0.346. The number of piperidine rings is 2. The van der Waals surface area contributed by atoms with Crippen LogP contribution < -0.4 is 11.2 Å². The standard InChI is InChI=1S/C29H39N3O4/c1-18-10-11-21-15-23(16-26(18)31(21)22-13-19-6-2-3-7-20(12-19)14-22)32-28(35)24-8-4-5-9-25(24)30(29(32)36)17-27(33)34/h4-5,8-9,18-23,26H,2-3,6-7,10-17H2,1H3,(H,33,34). The molecule has 1 N–H and O–H groups in total. The quantitative estimate of drug-likeness (QED) is 0.682. The van der Waals surface area contributed by atoms with Gasteiger partial charge in [-0.1, -0.05) is 44.7 Å². The third-order valence-corrected chi connectivity index (χ3v) is 9.99. The van der Waals surface area contributed by atoms with Crippen LogP contribution in [-0.2, 0) is 11.3 Å². The molecule has 1 aromatic carbocycles. The van der Waals surface area contributed by atoms with Crippen molar-refractivity contribution < 1.29 is 9.90 Å². The fraction of sp³-hybridized carbons (Fsp3) is 0.690. The minimum Gasteiger partial charge on any atom is -0.480 e. The topological polar surface area (TPSA) is 84.5 Å². The molecule has 4 fully saturated rings. The Bertz CT molecular complexity index is 1250. The van der Waals surface area contributed by atoms with Crippen molar-refractivity contribution in [1.82, 2.24) is 14.0 Å². The van der Waals surface area contributed by atoms with Gasteiger partial charge < -0.3 is 5.11 Å². The molecular formula is C29H39N3O4. The molecule has 7 heteroatoms. The summed E-state index contributed by atoms with van der Waals surface area (Å²) in [4.78, 5) is 41.7. The number of carbonyl (C=O) groups is 1. The lowest BCUT2D eigenvalue weighted by Gasteiger charge is -2.56. The number of para-hydroxylation sites is 1. The average Bonchev–Trinajstić information content (AvgIpc) is 3.03. The zero-order valence-corrected chi connectivity index (χ0v) is 21.3. The van der Waals surface area contributed by atoms with E-state index in [1.807, 2.05) is 0 Å². The van der Waals surface area contributed by atoms with Gasteiger partial charge in [0.05, 0.1) is 10.9 Å². The molecule has 4 bridgehead atoms. The SMILES string of the molecule is CC1CCC2CC(n3c(=O)c4ccccc4n(CC(=O)O)c3=O)CC1N2C1CC2CCCCC(C2)C1. The van der Waals surface area contributed by atoms with Crippen LogP contribution in [-0.4, -0.2) is 43.2 Å². The summed E-state index contributed by atoms with van der Waals surface area (Å²) in [6.07, 6.45) is 13.5. The molecule has 7 nitrogen and oxygen atoms in total. The molecule has 3 heterocycles. The minimum atomic E-state index is -1.08. The first-order valence-corrected chi connectivity index (χ1v) is 14.1. The highest BCUT2D eigenvalue weighted by Gasteiger charge is 2.47. The average molecular weight is 494 g/mol. The van der Waals surface area contributed by atoms with Crippen molar-refractivity contribution in [3.63, 3.8) is 0 Å². The summed E-state index contributed by atoms with van der Waals surface area (Å²) in [6.45, 7) is 1.91. The van der Waals surface area contributed by atoms with E-state index in [1.54, 1.807) is 24.3 Å². The van der Waals surface area contributed by atoms with Gasteiger partial charge in [0.15, 0.2) is 0 Å². The first-order valence-electron chi connectivity index (χ1n) is 14.1. The van der Waals surface area contributed by atoms with E-state index < -0.39 is 18.2 Å². The molecule has 0 amide bonds. The van der Waals surface area contributed by atoms with Crippen LogP contribution in [0, 0.1) is 17.8 Å². The van der Waals surface area contributed by atoms with E-state index in [9.17, 15) is 19.5 Å². The molecule has 2 aliphatic carbocycles. The number of aliphatic carboxylic acids is 1.